The van der Waals surface area contributed by atoms with E-state index in [0.29, 0.717) is 11.3 Å². The molecule has 5 heteroatoms. The van der Waals surface area contributed by atoms with Gasteiger partial charge in [0.25, 0.3) is 5.56 Å². The molecule has 0 amide bonds. The summed E-state index contributed by atoms with van der Waals surface area (Å²) in [4.78, 5) is 15.3. The lowest BCUT2D eigenvalue weighted by Crippen LogP contribution is -2.11. The zero-order valence-corrected chi connectivity index (χ0v) is 19.6. The summed E-state index contributed by atoms with van der Waals surface area (Å²) in [6, 6.07) is 27.2. The molecule has 1 heterocycles. The quantitative estimate of drug-likeness (QED) is 0.343. The van der Waals surface area contributed by atoms with Crippen LogP contribution in [0.4, 0.5) is 0 Å². The van der Waals surface area contributed by atoms with E-state index in [0.717, 1.165) is 39.8 Å². The average Bonchev–Trinajstić information content (AvgIpc) is 2.87. The van der Waals surface area contributed by atoms with Crippen molar-refractivity contribution in [2.24, 2.45) is 0 Å². The first kappa shape index (κ1) is 23.9. The highest BCUT2D eigenvalue weighted by molar-refractivity contribution is 8.01. The number of aromatic nitrogens is 1. The third kappa shape index (κ3) is 6.61. The number of nitrogens with zero attached hydrogens (tertiary/aromatic N) is 1. The number of nitriles is 1. The minimum absolute atomic E-state index is 0.0422. The molecule has 4 rings (SSSR count). The van der Waals surface area contributed by atoms with Crippen LogP contribution in [0.25, 0.3) is 22.0 Å². The molecule has 0 saturated carbocycles. The van der Waals surface area contributed by atoms with Gasteiger partial charge in [0.15, 0.2) is 0 Å². The van der Waals surface area contributed by atoms with Gasteiger partial charge < -0.3 is 9.72 Å². The molecule has 33 heavy (non-hydrogen) atoms. The van der Waals surface area contributed by atoms with Gasteiger partial charge in [0.1, 0.15) is 5.75 Å². The predicted molar refractivity (Wildman–Crippen MR) is 138 cm³/mol. The summed E-state index contributed by atoms with van der Waals surface area (Å²) < 4.78 is 5.53. The zero-order valence-electron chi connectivity index (χ0n) is 18.7. The summed E-state index contributed by atoms with van der Waals surface area (Å²) in [5.41, 5.74) is 4.36. The highest BCUT2D eigenvalue weighted by atomic mass is 32.2. The summed E-state index contributed by atoms with van der Waals surface area (Å²) >= 11 is 1.64. The van der Waals surface area contributed by atoms with E-state index in [-0.39, 0.29) is 5.56 Å². The third-order valence-corrected chi connectivity index (χ3v) is 5.76. The average molecular weight is 455 g/mol. The maximum absolute atomic E-state index is 12.3. The Hall–Kier alpha value is -3.75. The lowest BCUT2D eigenvalue weighted by molar-refractivity contribution is 0.417. The molecular weight excluding hydrogens is 428 g/mol. The molecule has 0 saturated heterocycles. The first-order valence-electron chi connectivity index (χ1n) is 10.7. The van der Waals surface area contributed by atoms with E-state index in [1.54, 1.807) is 31.0 Å². The van der Waals surface area contributed by atoms with Gasteiger partial charge in [-0.1, -0.05) is 61.5 Å². The van der Waals surface area contributed by atoms with Gasteiger partial charge in [0.05, 0.1) is 24.3 Å². The molecule has 0 aliphatic carbocycles. The van der Waals surface area contributed by atoms with Gasteiger partial charge in [0, 0.05) is 22.9 Å². The number of rotatable bonds is 6. The molecule has 0 radical (unpaired) electrons. The number of hydrogen-bond donors (Lipinski definition) is 1. The van der Waals surface area contributed by atoms with Crippen LogP contribution in [0.15, 0.2) is 95.1 Å². The van der Waals surface area contributed by atoms with E-state index in [1.807, 2.05) is 60.0 Å². The lowest BCUT2D eigenvalue weighted by Gasteiger charge is -2.11. The molecule has 0 unspecified atom stereocenters. The second-order valence-corrected chi connectivity index (χ2v) is 8.09. The SMILES string of the molecule is CC/C=C\SCc1cc2cc(-c3ccccc3)c(OC)cc2[nH]c1=O.N#Cc1ccccc1. The van der Waals surface area contributed by atoms with Crippen LogP contribution in [0.5, 0.6) is 5.75 Å². The van der Waals surface area contributed by atoms with Crippen molar-refractivity contribution in [1.29, 1.82) is 5.26 Å². The van der Waals surface area contributed by atoms with Crippen molar-refractivity contribution in [3.05, 3.63) is 112 Å². The van der Waals surface area contributed by atoms with Gasteiger partial charge in [-0.2, -0.15) is 5.26 Å². The van der Waals surface area contributed by atoms with Gasteiger partial charge in [-0.15, -0.1) is 11.8 Å². The molecule has 3 aromatic carbocycles. The molecule has 0 aliphatic heterocycles. The van der Waals surface area contributed by atoms with Gasteiger partial charge in [-0.05, 0) is 47.0 Å². The lowest BCUT2D eigenvalue weighted by atomic mass is 10.0. The van der Waals surface area contributed by atoms with Crippen molar-refractivity contribution in [2.45, 2.75) is 19.1 Å². The topological polar surface area (TPSA) is 65.9 Å². The number of nitrogens with one attached hydrogen (secondary N) is 1. The van der Waals surface area contributed by atoms with Crippen LogP contribution in [0.1, 0.15) is 24.5 Å². The maximum Gasteiger partial charge on any atom is 0.252 e. The van der Waals surface area contributed by atoms with Crippen LogP contribution >= 0.6 is 11.8 Å². The summed E-state index contributed by atoms with van der Waals surface area (Å²) in [5, 5.41) is 11.3. The fraction of sp³-hybridized carbons (Fsp3) is 0.143. The highest BCUT2D eigenvalue weighted by Crippen LogP contribution is 2.33. The van der Waals surface area contributed by atoms with Gasteiger partial charge in [0.2, 0.25) is 0 Å². The third-order valence-electron chi connectivity index (χ3n) is 4.90. The van der Waals surface area contributed by atoms with Crippen molar-refractivity contribution in [3.8, 4) is 22.9 Å². The highest BCUT2D eigenvalue weighted by Gasteiger charge is 2.10. The molecule has 166 valence electrons. The van der Waals surface area contributed by atoms with E-state index in [1.165, 1.54) is 0 Å². The minimum Gasteiger partial charge on any atom is -0.496 e. The first-order valence-corrected chi connectivity index (χ1v) is 11.7. The van der Waals surface area contributed by atoms with Crippen LogP contribution in [0.2, 0.25) is 0 Å². The number of allylic oxidation sites excluding steroid dienone is 1. The first-order chi connectivity index (χ1) is 16.2. The number of H-pyrrole nitrogens is 1. The maximum atomic E-state index is 12.3. The monoisotopic (exact) mass is 454 g/mol. The second-order valence-electron chi connectivity index (χ2n) is 7.20. The number of thioether (sulfide) groups is 1. The normalized spacial score (nSPS) is 10.5. The number of ether oxygens (including phenoxy) is 1. The summed E-state index contributed by atoms with van der Waals surface area (Å²) in [6.07, 6.45) is 3.10. The Labute approximate surface area is 198 Å². The molecule has 4 nitrogen and oxygen atoms in total. The molecular formula is C28H26N2O2S. The predicted octanol–water partition coefficient (Wildman–Crippen LogP) is 6.92. The largest absolute Gasteiger partial charge is 0.496 e. The Balaban J connectivity index is 0.000000323. The molecule has 1 N–H and O–H groups in total. The number of pyridine rings is 1. The van der Waals surface area contributed by atoms with Crippen molar-refractivity contribution in [3.63, 3.8) is 0 Å². The van der Waals surface area contributed by atoms with E-state index in [2.05, 4.69) is 36.2 Å². The van der Waals surface area contributed by atoms with E-state index in [4.69, 9.17) is 10.00 Å². The van der Waals surface area contributed by atoms with Crippen LogP contribution in [-0.2, 0) is 5.75 Å². The molecule has 0 fully saturated rings. The Morgan fingerprint density at radius 1 is 1.03 bits per heavy atom. The Bertz CT molecular complexity index is 1310. The Morgan fingerprint density at radius 3 is 2.33 bits per heavy atom. The van der Waals surface area contributed by atoms with Crippen molar-refractivity contribution >= 4 is 22.7 Å². The van der Waals surface area contributed by atoms with Crippen LogP contribution in [0.3, 0.4) is 0 Å². The summed E-state index contributed by atoms with van der Waals surface area (Å²) in [7, 11) is 1.65. The molecule has 1 aromatic heterocycles. The number of methoxy groups -OCH3 is 1. The van der Waals surface area contributed by atoms with Gasteiger partial charge in [-0.25, -0.2) is 0 Å². The van der Waals surface area contributed by atoms with Crippen LogP contribution < -0.4 is 10.3 Å². The smallest absolute Gasteiger partial charge is 0.252 e. The fourth-order valence-electron chi connectivity index (χ4n) is 3.21. The Kier molecular flexibility index (Phi) is 8.93. The molecule has 0 bridgehead atoms. The van der Waals surface area contributed by atoms with E-state index < -0.39 is 0 Å². The molecule has 0 aliphatic rings. The van der Waals surface area contributed by atoms with E-state index in [9.17, 15) is 4.79 Å². The molecule has 0 spiro atoms. The number of benzene rings is 3. The van der Waals surface area contributed by atoms with Crippen LogP contribution in [0, 0.1) is 11.3 Å². The Morgan fingerprint density at radius 2 is 1.73 bits per heavy atom. The number of hydrogen-bond acceptors (Lipinski definition) is 4. The standard InChI is InChI=1S/C21H21NO2S.C7H5N/c1-3-4-10-25-14-17-11-16-12-18(15-8-6-5-7-9-15)20(24-2)13-19(16)22-21(17)23;8-6-7-4-2-1-3-5-7/h4-13H,3,14H2,1-2H3,(H,22,23);1-5H/b10-4-;. The van der Waals surface area contributed by atoms with Gasteiger partial charge >= 0.3 is 0 Å². The molecule has 0 atom stereocenters. The number of aromatic amines is 1. The fourth-order valence-corrected chi connectivity index (χ4v) is 4.03. The van der Waals surface area contributed by atoms with Crippen LogP contribution in [-0.4, -0.2) is 12.1 Å². The number of fused-ring (bicyclic) bond motifs is 1. The van der Waals surface area contributed by atoms with E-state index >= 15 is 0 Å². The van der Waals surface area contributed by atoms with Crippen molar-refractivity contribution in [1.82, 2.24) is 4.98 Å². The zero-order chi connectivity index (χ0) is 23.5. The van der Waals surface area contributed by atoms with Crippen molar-refractivity contribution in [2.75, 3.05) is 7.11 Å². The van der Waals surface area contributed by atoms with Crippen molar-refractivity contribution < 1.29 is 4.74 Å². The second kappa shape index (κ2) is 12.3. The summed E-state index contributed by atoms with van der Waals surface area (Å²) in [6.45, 7) is 2.10. The van der Waals surface area contributed by atoms with Gasteiger partial charge in [-0.3, -0.25) is 4.79 Å². The summed E-state index contributed by atoms with van der Waals surface area (Å²) in [5.74, 6) is 1.41. The minimum atomic E-state index is -0.0422. The molecule has 4 aromatic rings.